The molecule has 0 fully saturated rings. The van der Waals surface area contributed by atoms with Crippen molar-refractivity contribution in [2.24, 2.45) is 5.92 Å². The van der Waals surface area contributed by atoms with Gasteiger partial charge in [-0.3, -0.25) is 9.59 Å². The van der Waals surface area contributed by atoms with E-state index < -0.39 is 23.6 Å². The van der Waals surface area contributed by atoms with E-state index >= 15 is 0 Å². The molecule has 0 saturated carbocycles. The van der Waals surface area contributed by atoms with Crippen LogP contribution >= 0.6 is 11.8 Å². The van der Waals surface area contributed by atoms with Crippen molar-refractivity contribution in [2.75, 3.05) is 5.75 Å². The zero-order valence-electron chi connectivity index (χ0n) is 13.0. The lowest BCUT2D eigenvalue weighted by atomic mass is 10.00. The van der Waals surface area contributed by atoms with Crippen molar-refractivity contribution in [1.29, 1.82) is 0 Å². The van der Waals surface area contributed by atoms with Crippen LogP contribution in [0.5, 0.6) is 0 Å². The lowest BCUT2D eigenvalue weighted by Crippen LogP contribution is -2.20. The third-order valence-corrected chi connectivity index (χ3v) is 4.60. The van der Waals surface area contributed by atoms with E-state index in [9.17, 15) is 27.9 Å². The quantitative estimate of drug-likeness (QED) is 0.814. The second kappa shape index (κ2) is 8.20. The Labute approximate surface area is 146 Å². The minimum absolute atomic E-state index is 0.0457. The standard InChI is InChI=1S/C18H15F3O3S/c19-18(20,21)15-8-6-12(7-9-15)10-14(16(22)23)11-25-17(24)13-4-2-1-3-5-13/h1-9,14H,10-11H2,(H,22,23). The largest absolute Gasteiger partial charge is 0.481 e. The molecule has 3 nitrogen and oxygen atoms in total. The molecular weight excluding hydrogens is 353 g/mol. The molecule has 0 aliphatic carbocycles. The predicted octanol–water partition coefficient (Wildman–Crippen LogP) is 4.52. The van der Waals surface area contributed by atoms with Gasteiger partial charge in [-0.2, -0.15) is 13.2 Å². The summed E-state index contributed by atoms with van der Waals surface area (Å²) in [5.41, 5.74) is 0.177. The fourth-order valence-electron chi connectivity index (χ4n) is 2.17. The van der Waals surface area contributed by atoms with Crippen LogP contribution in [0.3, 0.4) is 0 Å². The molecule has 0 aliphatic heterocycles. The van der Waals surface area contributed by atoms with Gasteiger partial charge in [0.25, 0.3) is 0 Å². The SMILES string of the molecule is O=C(SCC(Cc1ccc(C(F)(F)F)cc1)C(=O)O)c1ccccc1. The highest BCUT2D eigenvalue weighted by molar-refractivity contribution is 8.14. The predicted molar refractivity (Wildman–Crippen MR) is 89.5 cm³/mol. The molecule has 7 heteroatoms. The van der Waals surface area contributed by atoms with Crippen molar-refractivity contribution in [3.8, 4) is 0 Å². The molecule has 1 unspecified atom stereocenters. The van der Waals surface area contributed by atoms with Gasteiger partial charge < -0.3 is 5.11 Å². The number of alkyl halides is 3. The summed E-state index contributed by atoms with van der Waals surface area (Å²) in [5.74, 6) is -1.91. The van der Waals surface area contributed by atoms with Crippen molar-refractivity contribution in [3.05, 3.63) is 71.3 Å². The molecule has 1 atom stereocenters. The number of hydrogen-bond donors (Lipinski definition) is 1. The number of benzene rings is 2. The second-order valence-electron chi connectivity index (χ2n) is 5.40. The number of thioether (sulfide) groups is 1. The van der Waals surface area contributed by atoms with Crippen LogP contribution in [0.15, 0.2) is 54.6 Å². The number of halogens is 3. The molecule has 0 amide bonds. The molecule has 0 bridgehead atoms. The maximum atomic E-state index is 12.5. The molecule has 0 aromatic heterocycles. The van der Waals surface area contributed by atoms with Crippen molar-refractivity contribution in [1.82, 2.24) is 0 Å². The molecule has 2 rings (SSSR count). The number of carboxylic acids is 1. The molecule has 0 heterocycles. The number of carbonyl (C=O) groups is 2. The summed E-state index contributed by atoms with van der Waals surface area (Å²) in [6.07, 6.45) is -4.37. The van der Waals surface area contributed by atoms with Gasteiger partial charge in [0.2, 0.25) is 5.12 Å². The summed E-state index contributed by atoms with van der Waals surface area (Å²) in [5, 5.41) is 9.06. The molecule has 0 aliphatic rings. The Morgan fingerprint density at radius 3 is 2.12 bits per heavy atom. The number of hydrogen-bond acceptors (Lipinski definition) is 3. The van der Waals surface area contributed by atoms with Gasteiger partial charge in [0.05, 0.1) is 11.5 Å². The highest BCUT2D eigenvalue weighted by Crippen LogP contribution is 2.29. The van der Waals surface area contributed by atoms with E-state index in [2.05, 4.69) is 0 Å². The Balaban J connectivity index is 1.99. The highest BCUT2D eigenvalue weighted by atomic mass is 32.2. The van der Waals surface area contributed by atoms with E-state index in [1.54, 1.807) is 30.3 Å². The molecule has 132 valence electrons. The Bertz CT molecular complexity index is 727. The minimum atomic E-state index is -4.43. The topological polar surface area (TPSA) is 54.4 Å². The minimum Gasteiger partial charge on any atom is -0.481 e. The average Bonchev–Trinajstić information content (AvgIpc) is 2.58. The summed E-state index contributed by atoms with van der Waals surface area (Å²) in [7, 11) is 0. The Kier molecular flexibility index (Phi) is 6.25. The van der Waals surface area contributed by atoms with Crippen LogP contribution in [-0.2, 0) is 17.4 Å². The van der Waals surface area contributed by atoms with Crippen molar-refractivity contribution in [2.45, 2.75) is 12.6 Å². The molecule has 0 radical (unpaired) electrons. The first-order chi connectivity index (χ1) is 11.8. The van der Waals surface area contributed by atoms with E-state index in [0.29, 0.717) is 11.1 Å². The van der Waals surface area contributed by atoms with E-state index in [1.165, 1.54) is 12.1 Å². The first-order valence-electron chi connectivity index (χ1n) is 7.38. The first-order valence-corrected chi connectivity index (χ1v) is 8.37. The Morgan fingerprint density at radius 1 is 1.00 bits per heavy atom. The van der Waals surface area contributed by atoms with E-state index in [1.807, 2.05) is 0 Å². The monoisotopic (exact) mass is 368 g/mol. The van der Waals surface area contributed by atoms with Crippen LogP contribution in [0.4, 0.5) is 13.2 Å². The fourth-order valence-corrected chi connectivity index (χ4v) is 3.08. The average molecular weight is 368 g/mol. The summed E-state index contributed by atoms with van der Waals surface area (Å²) >= 11 is 0.893. The zero-order chi connectivity index (χ0) is 18.4. The lowest BCUT2D eigenvalue weighted by molar-refractivity contribution is -0.141. The van der Waals surface area contributed by atoms with Crippen LogP contribution in [0.1, 0.15) is 21.5 Å². The normalized spacial score (nSPS) is 12.6. The maximum absolute atomic E-state index is 12.5. The van der Waals surface area contributed by atoms with Crippen LogP contribution in [0.25, 0.3) is 0 Å². The lowest BCUT2D eigenvalue weighted by Gasteiger charge is -2.13. The molecule has 0 spiro atoms. The van der Waals surface area contributed by atoms with E-state index in [-0.39, 0.29) is 17.3 Å². The molecule has 0 saturated heterocycles. The molecule has 25 heavy (non-hydrogen) atoms. The van der Waals surface area contributed by atoms with Gasteiger partial charge >= 0.3 is 12.1 Å². The smallest absolute Gasteiger partial charge is 0.416 e. The number of aliphatic carboxylic acids is 1. The van der Waals surface area contributed by atoms with Crippen molar-refractivity contribution >= 4 is 22.8 Å². The van der Waals surface area contributed by atoms with Crippen LogP contribution < -0.4 is 0 Å². The van der Waals surface area contributed by atoms with Gasteiger partial charge in [-0.15, -0.1) is 0 Å². The second-order valence-corrected chi connectivity index (χ2v) is 6.39. The van der Waals surface area contributed by atoms with Gasteiger partial charge in [-0.1, -0.05) is 54.2 Å². The first kappa shape index (κ1) is 19.1. The Hall–Kier alpha value is -2.28. The number of rotatable bonds is 6. The van der Waals surface area contributed by atoms with Crippen LogP contribution in [0.2, 0.25) is 0 Å². The molecule has 2 aromatic rings. The molecule has 1 N–H and O–H groups in total. The summed E-state index contributed by atoms with van der Waals surface area (Å²) < 4.78 is 37.6. The molecule has 2 aromatic carbocycles. The van der Waals surface area contributed by atoms with Crippen LogP contribution in [-0.4, -0.2) is 21.9 Å². The van der Waals surface area contributed by atoms with Gasteiger partial charge in [-0.05, 0) is 24.1 Å². The van der Waals surface area contributed by atoms with Gasteiger partial charge in [-0.25, -0.2) is 0 Å². The third kappa shape index (κ3) is 5.63. The fraction of sp³-hybridized carbons (Fsp3) is 0.222. The van der Waals surface area contributed by atoms with Gasteiger partial charge in [0.1, 0.15) is 0 Å². The summed E-state index contributed by atoms with van der Waals surface area (Å²) in [6.45, 7) is 0. The molecular formula is C18H15F3O3S. The van der Waals surface area contributed by atoms with Crippen molar-refractivity contribution < 1.29 is 27.9 Å². The zero-order valence-corrected chi connectivity index (χ0v) is 13.8. The highest BCUT2D eigenvalue weighted by Gasteiger charge is 2.30. The summed E-state index contributed by atoms with van der Waals surface area (Å²) in [6, 6.07) is 12.9. The van der Waals surface area contributed by atoms with Gasteiger partial charge in [0.15, 0.2) is 0 Å². The number of carboxylic acid groups (broad SMARTS) is 1. The third-order valence-electron chi connectivity index (χ3n) is 3.54. The Morgan fingerprint density at radius 2 is 1.60 bits per heavy atom. The maximum Gasteiger partial charge on any atom is 0.416 e. The van der Waals surface area contributed by atoms with Crippen LogP contribution in [0, 0.1) is 5.92 Å². The van der Waals surface area contributed by atoms with E-state index in [4.69, 9.17) is 0 Å². The van der Waals surface area contributed by atoms with Crippen molar-refractivity contribution in [3.63, 3.8) is 0 Å². The van der Waals surface area contributed by atoms with Gasteiger partial charge in [0, 0.05) is 11.3 Å². The number of carbonyl (C=O) groups excluding carboxylic acids is 1. The van der Waals surface area contributed by atoms with E-state index in [0.717, 1.165) is 23.9 Å². The summed E-state index contributed by atoms with van der Waals surface area (Å²) in [4.78, 5) is 23.4.